The number of hydrogen-bond acceptors (Lipinski definition) is 2. The molecule has 72 valence electrons. The number of aliphatic hydroxyl groups excluding tert-OH is 1. The molecule has 1 N–H and O–H groups in total. The molecule has 0 aliphatic carbocycles. The van der Waals surface area contributed by atoms with E-state index in [0.717, 1.165) is 6.42 Å². The van der Waals surface area contributed by atoms with Gasteiger partial charge in [-0.3, -0.25) is 0 Å². The first-order chi connectivity index (χ1) is 6.09. The lowest BCUT2D eigenvalue weighted by Gasteiger charge is -2.14. The van der Waals surface area contributed by atoms with Gasteiger partial charge < -0.3 is 10.0 Å². The van der Waals surface area contributed by atoms with Crippen molar-refractivity contribution in [3.63, 3.8) is 0 Å². The second-order valence-corrected chi connectivity index (χ2v) is 3.62. The van der Waals surface area contributed by atoms with Crippen LogP contribution in [-0.2, 0) is 6.42 Å². The second-order valence-electron chi connectivity index (χ2n) is 3.62. The highest BCUT2D eigenvalue weighted by Crippen LogP contribution is 2.14. The smallest absolute Gasteiger partial charge is 0.0552 e. The zero-order valence-corrected chi connectivity index (χ0v) is 8.49. The number of hydrogen-bond donors (Lipinski definition) is 1. The van der Waals surface area contributed by atoms with Crippen LogP contribution in [0.2, 0.25) is 0 Å². The number of rotatable bonds is 3. The summed E-state index contributed by atoms with van der Waals surface area (Å²) < 4.78 is 0. The zero-order valence-electron chi connectivity index (χ0n) is 8.49. The van der Waals surface area contributed by atoms with Crippen molar-refractivity contribution in [2.24, 2.45) is 0 Å². The minimum atomic E-state index is -0.266. The Kier molecular flexibility index (Phi) is 3.32. The molecule has 0 unspecified atom stereocenters. The number of nitrogens with zero attached hydrogens (tertiary/aromatic N) is 1. The minimum Gasteiger partial charge on any atom is -0.393 e. The molecule has 0 heterocycles. The van der Waals surface area contributed by atoms with Gasteiger partial charge in [-0.25, -0.2) is 0 Å². The Labute approximate surface area is 79.8 Å². The van der Waals surface area contributed by atoms with Crippen LogP contribution in [0, 0.1) is 0 Å². The summed E-state index contributed by atoms with van der Waals surface area (Å²) in [6, 6.07) is 8.23. The predicted octanol–water partition coefficient (Wildman–Crippen LogP) is 1.68. The van der Waals surface area contributed by atoms with Crippen LogP contribution in [0.25, 0.3) is 0 Å². The number of benzene rings is 1. The molecule has 0 aliphatic heterocycles. The fraction of sp³-hybridized carbons (Fsp3) is 0.455. The van der Waals surface area contributed by atoms with Gasteiger partial charge in [0.1, 0.15) is 0 Å². The van der Waals surface area contributed by atoms with E-state index in [1.165, 1.54) is 11.3 Å². The van der Waals surface area contributed by atoms with Gasteiger partial charge in [-0.1, -0.05) is 12.1 Å². The maximum absolute atomic E-state index is 9.22. The molecule has 1 aromatic carbocycles. The Balaban J connectivity index is 2.79. The summed E-state index contributed by atoms with van der Waals surface area (Å²) in [5.41, 5.74) is 2.36. The average molecular weight is 179 g/mol. The predicted molar refractivity (Wildman–Crippen MR) is 56.2 cm³/mol. The maximum Gasteiger partial charge on any atom is 0.0552 e. The van der Waals surface area contributed by atoms with E-state index in [1.807, 2.05) is 33.2 Å². The molecule has 0 aliphatic rings. The molecule has 1 atom stereocenters. The third kappa shape index (κ3) is 3.07. The largest absolute Gasteiger partial charge is 0.393 e. The summed E-state index contributed by atoms with van der Waals surface area (Å²) in [6.07, 6.45) is 0.458. The first-order valence-corrected chi connectivity index (χ1v) is 4.54. The molecule has 0 aromatic heterocycles. The van der Waals surface area contributed by atoms with E-state index in [-0.39, 0.29) is 6.10 Å². The Bertz CT molecular complexity index is 269. The van der Waals surface area contributed by atoms with E-state index < -0.39 is 0 Å². The van der Waals surface area contributed by atoms with Crippen molar-refractivity contribution in [2.45, 2.75) is 19.4 Å². The van der Waals surface area contributed by atoms with Crippen LogP contribution in [0.4, 0.5) is 5.69 Å². The van der Waals surface area contributed by atoms with E-state index in [4.69, 9.17) is 0 Å². The quantitative estimate of drug-likeness (QED) is 0.763. The molecule has 0 bridgehead atoms. The topological polar surface area (TPSA) is 23.5 Å². The molecule has 13 heavy (non-hydrogen) atoms. The summed E-state index contributed by atoms with van der Waals surface area (Å²) in [7, 11) is 4.03. The zero-order chi connectivity index (χ0) is 9.84. The van der Waals surface area contributed by atoms with Crippen molar-refractivity contribution in [1.82, 2.24) is 0 Å². The van der Waals surface area contributed by atoms with Gasteiger partial charge >= 0.3 is 0 Å². The summed E-state index contributed by atoms with van der Waals surface area (Å²) >= 11 is 0. The van der Waals surface area contributed by atoms with Gasteiger partial charge in [0.25, 0.3) is 0 Å². The normalized spacial score (nSPS) is 12.6. The Morgan fingerprint density at radius 3 is 2.62 bits per heavy atom. The van der Waals surface area contributed by atoms with E-state index >= 15 is 0 Å². The van der Waals surface area contributed by atoms with Gasteiger partial charge in [-0.15, -0.1) is 0 Å². The van der Waals surface area contributed by atoms with Crippen LogP contribution in [-0.4, -0.2) is 25.3 Å². The lowest BCUT2D eigenvalue weighted by atomic mass is 10.1. The van der Waals surface area contributed by atoms with Crippen LogP contribution >= 0.6 is 0 Å². The maximum atomic E-state index is 9.22. The number of anilines is 1. The average Bonchev–Trinajstić information content (AvgIpc) is 2.03. The lowest BCUT2D eigenvalue weighted by molar-refractivity contribution is 0.195. The van der Waals surface area contributed by atoms with E-state index in [0.29, 0.717) is 0 Å². The van der Waals surface area contributed by atoms with Crippen LogP contribution in [0.1, 0.15) is 12.5 Å². The van der Waals surface area contributed by atoms with Crippen LogP contribution in [0.15, 0.2) is 24.3 Å². The van der Waals surface area contributed by atoms with Crippen molar-refractivity contribution in [1.29, 1.82) is 0 Å². The van der Waals surface area contributed by atoms with Crippen molar-refractivity contribution in [2.75, 3.05) is 19.0 Å². The van der Waals surface area contributed by atoms with Crippen molar-refractivity contribution in [3.8, 4) is 0 Å². The second kappa shape index (κ2) is 4.28. The standard InChI is InChI=1S/C11H17NO/c1-9(13)7-10-5-4-6-11(8-10)12(2)3/h4-6,8-9,13H,7H2,1-3H3/t9-/m1/s1. The van der Waals surface area contributed by atoms with Gasteiger partial charge in [0.15, 0.2) is 0 Å². The first-order valence-electron chi connectivity index (χ1n) is 4.54. The Hall–Kier alpha value is -1.02. The van der Waals surface area contributed by atoms with Gasteiger partial charge in [0.05, 0.1) is 6.10 Å². The molecule has 0 amide bonds. The van der Waals surface area contributed by atoms with E-state index in [1.54, 1.807) is 0 Å². The summed E-state index contributed by atoms with van der Waals surface area (Å²) in [6.45, 7) is 1.81. The van der Waals surface area contributed by atoms with Crippen LogP contribution in [0.3, 0.4) is 0 Å². The SMILES string of the molecule is C[C@@H](O)Cc1cccc(N(C)C)c1. The molecule has 0 saturated heterocycles. The number of aliphatic hydroxyl groups is 1. The fourth-order valence-corrected chi connectivity index (χ4v) is 1.30. The summed E-state index contributed by atoms with van der Waals surface area (Å²) in [5.74, 6) is 0. The molecule has 2 heteroatoms. The molecule has 0 fully saturated rings. The molecule has 1 rings (SSSR count). The van der Waals surface area contributed by atoms with Gasteiger partial charge in [0, 0.05) is 19.8 Å². The summed E-state index contributed by atoms with van der Waals surface area (Å²) in [5, 5.41) is 9.22. The highest BCUT2D eigenvalue weighted by molar-refractivity contribution is 5.47. The van der Waals surface area contributed by atoms with Crippen molar-refractivity contribution < 1.29 is 5.11 Å². The monoisotopic (exact) mass is 179 g/mol. The van der Waals surface area contributed by atoms with Crippen LogP contribution in [0.5, 0.6) is 0 Å². The molecular formula is C11H17NO. The van der Waals surface area contributed by atoms with Gasteiger partial charge in [-0.2, -0.15) is 0 Å². The molecular weight excluding hydrogens is 162 g/mol. The highest BCUT2D eigenvalue weighted by atomic mass is 16.3. The van der Waals surface area contributed by atoms with E-state index in [9.17, 15) is 5.11 Å². The molecule has 0 saturated carbocycles. The Morgan fingerprint density at radius 2 is 2.08 bits per heavy atom. The molecule has 2 nitrogen and oxygen atoms in total. The van der Waals surface area contributed by atoms with Crippen molar-refractivity contribution >= 4 is 5.69 Å². The van der Waals surface area contributed by atoms with Crippen LogP contribution < -0.4 is 4.90 Å². The molecule has 1 aromatic rings. The minimum absolute atomic E-state index is 0.266. The Morgan fingerprint density at radius 1 is 1.38 bits per heavy atom. The van der Waals surface area contributed by atoms with Gasteiger partial charge in [-0.05, 0) is 31.0 Å². The molecule has 0 radical (unpaired) electrons. The third-order valence-corrected chi connectivity index (χ3v) is 1.96. The van der Waals surface area contributed by atoms with Gasteiger partial charge in [0.2, 0.25) is 0 Å². The summed E-state index contributed by atoms with van der Waals surface area (Å²) in [4.78, 5) is 2.06. The molecule has 0 spiro atoms. The van der Waals surface area contributed by atoms with Crippen molar-refractivity contribution in [3.05, 3.63) is 29.8 Å². The first kappa shape index (κ1) is 10.1. The highest BCUT2D eigenvalue weighted by Gasteiger charge is 2.00. The third-order valence-electron chi connectivity index (χ3n) is 1.96. The van der Waals surface area contributed by atoms with E-state index in [2.05, 4.69) is 17.0 Å². The fourth-order valence-electron chi connectivity index (χ4n) is 1.30. The lowest BCUT2D eigenvalue weighted by Crippen LogP contribution is -2.10.